The lowest BCUT2D eigenvalue weighted by molar-refractivity contribution is 0.288. The Hall–Kier alpha value is -2.77. The smallest absolute Gasteiger partial charge is 0.242 e. The predicted octanol–water partition coefficient (Wildman–Crippen LogP) is 4.14. The van der Waals surface area contributed by atoms with Crippen LogP contribution in [0.4, 0.5) is 4.39 Å². The lowest BCUT2D eigenvalue weighted by atomic mass is 10.2. The molecular formula is C26H28ClFN4O5S2. The molecule has 2 atom stereocenters. The van der Waals surface area contributed by atoms with Crippen molar-refractivity contribution in [3.63, 3.8) is 0 Å². The van der Waals surface area contributed by atoms with Gasteiger partial charge in [0.15, 0.2) is 0 Å². The molecule has 208 valence electrons. The van der Waals surface area contributed by atoms with Gasteiger partial charge in [-0.05, 0) is 68.7 Å². The Labute approximate surface area is 232 Å². The van der Waals surface area contributed by atoms with E-state index in [1.54, 1.807) is 42.1 Å². The fraction of sp³-hybridized carbons (Fsp3) is 0.346. The number of halogens is 2. The van der Waals surface area contributed by atoms with Crippen LogP contribution in [-0.2, 0) is 20.0 Å². The van der Waals surface area contributed by atoms with Gasteiger partial charge in [-0.3, -0.25) is 0 Å². The maximum atomic E-state index is 13.3. The van der Waals surface area contributed by atoms with E-state index >= 15 is 0 Å². The van der Waals surface area contributed by atoms with Crippen LogP contribution in [0.25, 0.3) is 16.6 Å². The zero-order valence-corrected chi connectivity index (χ0v) is 23.5. The van der Waals surface area contributed by atoms with E-state index in [0.29, 0.717) is 35.1 Å². The predicted molar refractivity (Wildman–Crippen MR) is 148 cm³/mol. The van der Waals surface area contributed by atoms with Crippen LogP contribution in [0.15, 0.2) is 65.7 Å². The quantitative estimate of drug-likeness (QED) is 0.399. The van der Waals surface area contributed by atoms with E-state index in [9.17, 15) is 21.2 Å². The first-order valence-corrected chi connectivity index (χ1v) is 15.9. The van der Waals surface area contributed by atoms with E-state index in [4.69, 9.17) is 16.3 Å². The van der Waals surface area contributed by atoms with Gasteiger partial charge in [-0.15, -0.1) is 0 Å². The number of allylic oxidation sites excluding steroid dienone is 2. The molecule has 1 aliphatic carbocycles. The van der Waals surface area contributed by atoms with Crippen LogP contribution in [0.2, 0.25) is 5.02 Å². The second kappa shape index (κ2) is 11.0. The van der Waals surface area contributed by atoms with E-state index in [0.717, 1.165) is 18.2 Å². The Morgan fingerprint density at radius 3 is 2.54 bits per heavy atom. The third-order valence-corrected chi connectivity index (χ3v) is 10.8. The van der Waals surface area contributed by atoms with Crippen LogP contribution in [0, 0.1) is 5.82 Å². The average molecular weight is 595 g/mol. The molecule has 0 bridgehead atoms. The van der Waals surface area contributed by atoms with Crippen LogP contribution in [0.5, 0.6) is 5.75 Å². The van der Waals surface area contributed by atoms with Crippen LogP contribution >= 0.6 is 11.6 Å². The van der Waals surface area contributed by atoms with Crippen molar-refractivity contribution in [1.82, 2.24) is 18.8 Å². The number of rotatable bonds is 9. The molecule has 1 fully saturated rings. The molecule has 5 rings (SSSR count). The Kier molecular flexibility index (Phi) is 7.84. The number of nitrogens with zero attached hydrogens (tertiary/aromatic N) is 3. The highest BCUT2D eigenvalue weighted by Crippen LogP contribution is 2.31. The number of ether oxygens (including phenoxy) is 1. The summed E-state index contributed by atoms with van der Waals surface area (Å²) in [4.78, 5) is 0.139. The number of hydrogen-bond donors (Lipinski definition) is 1. The molecule has 13 heteroatoms. The van der Waals surface area contributed by atoms with E-state index in [-0.39, 0.29) is 23.8 Å². The molecular weight excluding hydrogens is 567 g/mol. The largest absolute Gasteiger partial charge is 0.490 e. The van der Waals surface area contributed by atoms with Crippen LogP contribution in [0.3, 0.4) is 0 Å². The maximum Gasteiger partial charge on any atom is 0.242 e. The number of hydrogen-bond acceptors (Lipinski definition) is 6. The van der Waals surface area contributed by atoms with Crippen molar-refractivity contribution in [3.8, 4) is 11.4 Å². The summed E-state index contributed by atoms with van der Waals surface area (Å²) in [6.45, 7) is 2.66. The molecule has 2 aliphatic rings. The summed E-state index contributed by atoms with van der Waals surface area (Å²) in [6, 6.07) is 8.72. The third kappa shape index (κ3) is 5.90. The highest BCUT2D eigenvalue weighted by Gasteiger charge is 2.32. The molecule has 0 amide bonds. The minimum absolute atomic E-state index is 0.0113. The molecule has 2 aromatic carbocycles. The van der Waals surface area contributed by atoms with Gasteiger partial charge in [-0.2, -0.15) is 9.40 Å². The summed E-state index contributed by atoms with van der Waals surface area (Å²) in [5.41, 5.74) is 1.38. The monoisotopic (exact) mass is 594 g/mol. The van der Waals surface area contributed by atoms with Gasteiger partial charge in [0.1, 0.15) is 18.2 Å². The van der Waals surface area contributed by atoms with Crippen LogP contribution in [0.1, 0.15) is 26.2 Å². The molecule has 1 aliphatic heterocycles. The Morgan fingerprint density at radius 2 is 1.87 bits per heavy atom. The lowest BCUT2D eigenvalue weighted by Crippen LogP contribution is -2.42. The van der Waals surface area contributed by atoms with Crippen molar-refractivity contribution in [2.75, 3.05) is 19.7 Å². The molecule has 1 N–H and O–H groups in total. The molecule has 9 nitrogen and oxygen atoms in total. The van der Waals surface area contributed by atoms with Gasteiger partial charge in [0, 0.05) is 18.5 Å². The Balaban J connectivity index is 1.21. The van der Waals surface area contributed by atoms with Gasteiger partial charge in [0.25, 0.3) is 0 Å². The van der Waals surface area contributed by atoms with Gasteiger partial charge < -0.3 is 4.74 Å². The highest BCUT2D eigenvalue weighted by molar-refractivity contribution is 7.93. The summed E-state index contributed by atoms with van der Waals surface area (Å²) in [6.07, 6.45) is 7.62. The average Bonchev–Trinajstić information content (AvgIpc) is 3.59. The van der Waals surface area contributed by atoms with E-state index < -0.39 is 31.3 Å². The first-order chi connectivity index (χ1) is 18.5. The van der Waals surface area contributed by atoms with Crippen molar-refractivity contribution >= 4 is 42.6 Å². The van der Waals surface area contributed by atoms with Crippen molar-refractivity contribution in [2.45, 2.75) is 37.5 Å². The van der Waals surface area contributed by atoms with Crippen molar-refractivity contribution in [1.29, 1.82) is 0 Å². The summed E-state index contributed by atoms with van der Waals surface area (Å²) in [7, 11) is -7.38. The van der Waals surface area contributed by atoms with E-state index in [1.807, 2.05) is 0 Å². The Morgan fingerprint density at radius 1 is 1.15 bits per heavy atom. The molecule has 39 heavy (non-hydrogen) atoms. The second-order valence-electron chi connectivity index (χ2n) is 9.60. The molecule has 0 saturated carbocycles. The summed E-state index contributed by atoms with van der Waals surface area (Å²) >= 11 is 6.45. The van der Waals surface area contributed by atoms with Gasteiger partial charge in [0.05, 0.1) is 38.6 Å². The molecule has 1 unspecified atom stereocenters. The second-order valence-corrected chi connectivity index (χ2v) is 13.9. The zero-order valence-electron chi connectivity index (χ0n) is 21.1. The summed E-state index contributed by atoms with van der Waals surface area (Å²) in [5, 5.41) is 4.51. The number of nitrogens with one attached hydrogen (secondary N) is 1. The fourth-order valence-electron chi connectivity index (χ4n) is 4.62. The minimum Gasteiger partial charge on any atom is -0.490 e. The van der Waals surface area contributed by atoms with Gasteiger partial charge in [-0.1, -0.05) is 23.8 Å². The van der Waals surface area contributed by atoms with Crippen LogP contribution in [-0.4, -0.2) is 61.9 Å². The van der Waals surface area contributed by atoms with Crippen LogP contribution < -0.4 is 9.46 Å². The fourth-order valence-corrected chi connectivity index (χ4v) is 7.87. The molecule has 1 aromatic heterocycles. The summed E-state index contributed by atoms with van der Waals surface area (Å²) in [5.74, 6) is 0.0194. The van der Waals surface area contributed by atoms with Gasteiger partial charge in [-0.25, -0.2) is 30.6 Å². The molecule has 3 aromatic rings. The van der Waals surface area contributed by atoms with E-state index in [1.165, 1.54) is 34.7 Å². The summed E-state index contributed by atoms with van der Waals surface area (Å²) < 4.78 is 76.2. The highest BCUT2D eigenvalue weighted by atomic mass is 35.5. The number of benzene rings is 2. The SMILES string of the molecule is C[C@@H](COc1cc2cnn(-c3ccc(F)cc3)c2cc1Cl)NS(=O)(=O)C1C=CC(S(=O)(=O)N2CCCC2)=CC1. The van der Waals surface area contributed by atoms with Crippen molar-refractivity contribution in [3.05, 3.63) is 76.6 Å². The molecule has 0 spiro atoms. The molecule has 0 radical (unpaired) electrons. The molecule has 1 saturated heterocycles. The number of fused-ring (bicyclic) bond motifs is 1. The first-order valence-electron chi connectivity index (χ1n) is 12.5. The lowest BCUT2D eigenvalue weighted by Gasteiger charge is -2.22. The topological polar surface area (TPSA) is 111 Å². The Bertz CT molecular complexity index is 1650. The maximum absolute atomic E-state index is 13.3. The van der Waals surface area contributed by atoms with Crippen molar-refractivity contribution < 1.29 is 26.0 Å². The zero-order chi connectivity index (χ0) is 27.8. The van der Waals surface area contributed by atoms with Gasteiger partial charge in [0.2, 0.25) is 20.0 Å². The van der Waals surface area contributed by atoms with E-state index in [2.05, 4.69) is 9.82 Å². The minimum atomic E-state index is -3.79. The number of aromatic nitrogens is 2. The normalized spacial score (nSPS) is 19.4. The molecule has 2 heterocycles. The first kappa shape index (κ1) is 27.8. The van der Waals surface area contributed by atoms with Crippen molar-refractivity contribution in [2.24, 2.45) is 0 Å². The standard InChI is InChI=1S/C26H28ClFN4O5S2/c1-18(30-38(33,34)22-8-10-23(11-9-22)39(35,36)31-12-2-3-13-31)17-37-26-14-19-16-29-32(25(19)15-24(26)27)21-6-4-20(28)5-7-21/h4-8,10-11,14-16,18,22,30H,2-3,9,12-13,17H2,1H3/t18-,22?/m0/s1. The number of sulfonamides is 2. The van der Waals surface area contributed by atoms with Gasteiger partial charge >= 0.3 is 0 Å². The third-order valence-electron chi connectivity index (χ3n) is 6.68.